The van der Waals surface area contributed by atoms with Crippen molar-refractivity contribution in [1.82, 2.24) is 9.55 Å². The third kappa shape index (κ3) is 5.68. The molecule has 0 aliphatic carbocycles. The van der Waals surface area contributed by atoms with Crippen molar-refractivity contribution in [2.24, 2.45) is 0 Å². The van der Waals surface area contributed by atoms with E-state index in [2.05, 4.69) is 10.3 Å². The van der Waals surface area contributed by atoms with Crippen LogP contribution in [-0.2, 0) is 27.4 Å². The lowest BCUT2D eigenvalue weighted by Gasteiger charge is -2.19. The molecule has 3 aromatic rings. The molecule has 1 amide bonds. The van der Waals surface area contributed by atoms with Gasteiger partial charge in [-0.25, -0.2) is 9.78 Å². The topological polar surface area (TPSA) is 118 Å². The maximum Gasteiger partial charge on any atom is 0.412 e. The van der Waals surface area contributed by atoms with Gasteiger partial charge in [0.15, 0.2) is 6.29 Å². The van der Waals surface area contributed by atoms with E-state index < -0.39 is 17.9 Å². The number of anilines is 2. The SMILES string of the molecule is COC(Cn1c(-c2ccc(N)cc2)ncc(NC(=O)OCc2ccccc2)c1=O)OC. The van der Waals surface area contributed by atoms with E-state index in [-0.39, 0.29) is 18.8 Å². The fourth-order valence-corrected chi connectivity index (χ4v) is 2.87. The highest BCUT2D eigenvalue weighted by molar-refractivity contribution is 5.84. The minimum Gasteiger partial charge on any atom is -0.444 e. The summed E-state index contributed by atoms with van der Waals surface area (Å²) >= 11 is 0. The molecule has 2 aromatic carbocycles. The van der Waals surface area contributed by atoms with Crippen LogP contribution < -0.4 is 16.6 Å². The van der Waals surface area contributed by atoms with E-state index >= 15 is 0 Å². The van der Waals surface area contributed by atoms with Crippen molar-refractivity contribution in [3.8, 4) is 11.4 Å². The van der Waals surface area contributed by atoms with E-state index in [1.807, 2.05) is 30.3 Å². The summed E-state index contributed by atoms with van der Waals surface area (Å²) in [4.78, 5) is 29.7. The first-order valence-electron chi connectivity index (χ1n) is 9.51. The molecule has 0 saturated carbocycles. The van der Waals surface area contributed by atoms with E-state index in [0.717, 1.165) is 5.56 Å². The zero-order chi connectivity index (χ0) is 22.2. The zero-order valence-electron chi connectivity index (χ0n) is 17.3. The van der Waals surface area contributed by atoms with E-state index in [1.165, 1.54) is 25.0 Å². The summed E-state index contributed by atoms with van der Waals surface area (Å²) in [6, 6.07) is 16.2. The quantitative estimate of drug-likeness (QED) is 0.422. The zero-order valence-corrected chi connectivity index (χ0v) is 17.3. The molecule has 1 heterocycles. The van der Waals surface area contributed by atoms with Crippen LogP contribution in [0.2, 0.25) is 0 Å². The predicted octanol–water partition coefficient (Wildman–Crippen LogP) is 2.86. The number of hydrogen-bond donors (Lipinski definition) is 2. The predicted molar refractivity (Wildman–Crippen MR) is 116 cm³/mol. The largest absolute Gasteiger partial charge is 0.444 e. The summed E-state index contributed by atoms with van der Waals surface area (Å²) in [5.74, 6) is 0.382. The number of carbonyl (C=O) groups excluding carboxylic acids is 1. The third-order valence-electron chi connectivity index (χ3n) is 4.52. The van der Waals surface area contributed by atoms with Gasteiger partial charge in [0.2, 0.25) is 0 Å². The number of aromatic nitrogens is 2. The number of ether oxygens (including phenoxy) is 3. The number of nitrogens with two attached hydrogens (primary N) is 1. The van der Waals surface area contributed by atoms with Crippen LogP contribution in [0, 0.1) is 0 Å². The number of rotatable bonds is 8. The van der Waals surface area contributed by atoms with Gasteiger partial charge in [0.25, 0.3) is 5.56 Å². The smallest absolute Gasteiger partial charge is 0.412 e. The number of nitrogens with one attached hydrogen (secondary N) is 1. The first-order valence-corrected chi connectivity index (χ1v) is 9.51. The Morgan fingerprint density at radius 2 is 1.77 bits per heavy atom. The first kappa shape index (κ1) is 22.0. The molecule has 0 unspecified atom stereocenters. The van der Waals surface area contributed by atoms with Gasteiger partial charge in [0.05, 0.1) is 12.7 Å². The number of nitrogen functional groups attached to an aromatic ring is 1. The highest BCUT2D eigenvalue weighted by Crippen LogP contribution is 2.19. The van der Waals surface area contributed by atoms with Crippen LogP contribution in [0.1, 0.15) is 5.56 Å². The van der Waals surface area contributed by atoms with Gasteiger partial charge in [-0.3, -0.25) is 14.7 Å². The Kier molecular flexibility index (Phi) is 7.36. The fraction of sp³-hybridized carbons (Fsp3) is 0.227. The summed E-state index contributed by atoms with van der Waals surface area (Å²) in [6.07, 6.45) is -0.153. The number of carbonyl (C=O) groups is 1. The Balaban J connectivity index is 1.86. The van der Waals surface area contributed by atoms with Crippen LogP contribution in [-0.4, -0.2) is 36.2 Å². The molecule has 162 valence electrons. The van der Waals surface area contributed by atoms with Crippen molar-refractivity contribution in [2.75, 3.05) is 25.3 Å². The average molecular weight is 424 g/mol. The molecule has 0 aliphatic heterocycles. The summed E-state index contributed by atoms with van der Waals surface area (Å²) in [6.45, 7) is 0.139. The van der Waals surface area contributed by atoms with E-state index in [9.17, 15) is 9.59 Å². The Hall–Kier alpha value is -3.69. The van der Waals surface area contributed by atoms with E-state index in [1.54, 1.807) is 24.3 Å². The summed E-state index contributed by atoms with van der Waals surface area (Å²) in [5, 5.41) is 2.46. The number of methoxy groups -OCH3 is 2. The maximum absolute atomic E-state index is 13.1. The molecule has 9 heteroatoms. The fourth-order valence-electron chi connectivity index (χ4n) is 2.87. The van der Waals surface area contributed by atoms with Crippen molar-refractivity contribution in [2.45, 2.75) is 19.4 Å². The second-order valence-electron chi connectivity index (χ2n) is 6.62. The van der Waals surface area contributed by atoms with Gasteiger partial charge in [-0.15, -0.1) is 0 Å². The second-order valence-corrected chi connectivity index (χ2v) is 6.62. The van der Waals surface area contributed by atoms with Gasteiger partial charge in [0, 0.05) is 25.5 Å². The highest BCUT2D eigenvalue weighted by atomic mass is 16.7. The van der Waals surface area contributed by atoms with Crippen molar-refractivity contribution in [1.29, 1.82) is 0 Å². The molecule has 3 N–H and O–H groups in total. The molecule has 0 saturated heterocycles. The molecule has 0 atom stereocenters. The lowest BCUT2D eigenvalue weighted by Crippen LogP contribution is -2.33. The number of nitrogens with zero attached hydrogens (tertiary/aromatic N) is 2. The molecule has 9 nitrogen and oxygen atoms in total. The third-order valence-corrected chi connectivity index (χ3v) is 4.52. The first-order chi connectivity index (χ1) is 15.0. The van der Waals surface area contributed by atoms with Gasteiger partial charge in [0.1, 0.15) is 18.1 Å². The summed E-state index contributed by atoms with van der Waals surface area (Å²) in [7, 11) is 2.94. The molecule has 0 fully saturated rings. The van der Waals surface area contributed by atoms with Gasteiger partial charge in [-0.1, -0.05) is 30.3 Å². The van der Waals surface area contributed by atoms with Gasteiger partial charge in [-0.05, 0) is 29.8 Å². The van der Waals surface area contributed by atoms with Crippen LogP contribution in [0.25, 0.3) is 11.4 Å². The summed E-state index contributed by atoms with van der Waals surface area (Å²) in [5.41, 5.74) is 7.35. The second kappa shape index (κ2) is 10.4. The molecule has 0 aliphatic rings. The standard InChI is InChI=1S/C22H24N4O5/c1-29-19(30-2)13-26-20(16-8-10-17(23)11-9-16)24-12-18(21(26)27)25-22(28)31-14-15-6-4-3-5-7-15/h3-12,19H,13-14,23H2,1-2H3,(H,25,28). The molecule has 0 spiro atoms. The molecule has 0 bridgehead atoms. The lowest BCUT2D eigenvalue weighted by atomic mass is 10.2. The maximum atomic E-state index is 13.1. The summed E-state index contributed by atoms with van der Waals surface area (Å²) < 4.78 is 17.0. The van der Waals surface area contributed by atoms with Crippen LogP contribution in [0.15, 0.2) is 65.6 Å². The van der Waals surface area contributed by atoms with Crippen LogP contribution in [0.4, 0.5) is 16.2 Å². The normalized spacial score (nSPS) is 10.8. The molecule has 0 radical (unpaired) electrons. The van der Waals surface area contributed by atoms with E-state index in [0.29, 0.717) is 17.1 Å². The minimum absolute atomic E-state index is 0.0248. The molecule has 1 aromatic heterocycles. The Morgan fingerprint density at radius 3 is 2.42 bits per heavy atom. The van der Waals surface area contributed by atoms with Crippen LogP contribution >= 0.6 is 0 Å². The Bertz CT molecular complexity index is 1060. The van der Waals surface area contributed by atoms with Crippen molar-refractivity contribution >= 4 is 17.5 Å². The lowest BCUT2D eigenvalue weighted by molar-refractivity contribution is -0.111. The molecule has 3 rings (SSSR count). The number of amides is 1. The number of benzene rings is 2. The average Bonchev–Trinajstić information content (AvgIpc) is 2.79. The highest BCUT2D eigenvalue weighted by Gasteiger charge is 2.18. The van der Waals surface area contributed by atoms with Gasteiger partial charge in [-0.2, -0.15) is 0 Å². The van der Waals surface area contributed by atoms with Gasteiger partial charge < -0.3 is 19.9 Å². The monoisotopic (exact) mass is 424 g/mol. The van der Waals surface area contributed by atoms with Crippen LogP contribution in [0.5, 0.6) is 0 Å². The Labute approximate surface area is 179 Å². The molecule has 31 heavy (non-hydrogen) atoms. The van der Waals surface area contributed by atoms with E-state index in [4.69, 9.17) is 19.9 Å². The van der Waals surface area contributed by atoms with Crippen molar-refractivity contribution in [3.05, 3.63) is 76.7 Å². The van der Waals surface area contributed by atoms with Crippen LogP contribution in [0.3, 0.4) is 0 Å². The molecular weight excluding hydrogens is 400 g/mol. The van der Waals surface area contributed by atoms with Crippen molar-refractivity contribution < 1.29 is 19.0 Å². The van der Waals surface area contributed by atoms with Gasteiger partial charge >= 0.3 is 6.09 Å². The molecular formula is C22H24N4O5. The van der Waals surface area contributed by atoms with Crippen molar-refractivity contribution in [3.63, 3.8) is 0 Å². The Morgan fingerprint density at radius 1 is 1.10 bits per heavy atom. The number of hydrogen-bond acceptors (Lipinski definition) is 7. The minimum atomic E-state index is -0.760.